The molecule has 1 N–H and O–H groups in total. The van der Waals surface area contributed by atoms with Gasteiger partial charge in [0.2, 0.25) is 0 Å². The second-order valence-corrected chi connectivity index (χ2v) is 6.41. The van der Waals surface area contributed by atoms with Crippen LogP contribution in [-0.4, -0.2) is 12.1 Å². The summed E-state index contributed by atoms with van der Waals surface area (Å²) in [5.41, 5.74) is 2.72. The van der Waals surface area contributed by atoms with Gasteiger partial charge in [-0.15, -0.1) is 0 Å². The highest BCUT2D eigenvalue weighted by Gasteiger charge is 2.29. The summed E-state index contributed by atoms with van der Waals surface area (Å²) in [5, 5.41) is 3.57. The lowest BCUT2D eigenvalue weighted by Crippen LogP contribution is -2.26. The summed E-state index contributed by atoms with van der Waals surface area (Å²) >= 11 is 0. The van der Waals surface area contributed by atoms with Crippen molar-refractivity contribution in [2.45, 2.75) is 51.7 Å². The molecule has 1 heterocycles. The van der Waals surface area contributed by atoms with Crippen molar-refractivity contribution in [1.29, 1.82) is 0 Å². The molecule has 0 radical (unpaired) electrons. The first-order valence-electron chi connectivity index (χ1n) is 7.14. The fourth-order valence-electron chi connectivity index (χ4n) is 2.89. The Hall–Kier alpha value is -1.02. The molecule has 1 aromatic carbocycles. The highest BCUT2D eigenvalue weighted by molar-refractivity contribution is 5.41. The molecule has 3 rings (SSSR count). The van der Waals surface area contributed by atoms with Crippen LogP contribution in [0, 0.1) is 5.92 Å². The summed E-state index contributed by atoms with van der Waals surface area (Å²) < 4.78 is 5.90. The number of hydrogen-bond acceptors (Lipinski definition) is 2. The molecule has 18 heavy (non-hydrogen) atoms. The fraction of sp³-hybridized carbons (Fsp3) is 0.625. The summed E-state index contributed by atoms with van der Waals surface area (Å²) in [6, 6.07) is 6.62. The molecule has 2 heteroatoms. The van der Waals surface area contributed by atoms with Crippen molar-refractivity contribution >= 4 is 0 Å². The Labute approximate surface area is 110 Å². The van der Waals surface area contributed by atoms with Gasteiger partial charge in [-0.2, -0.15) is 0 Å². The van der Waals surface area contributed by atoms with E-state index in [0.717, 1.165) is 24.6 Å². The Kier molecular flexibility index (Phi) is 3.06. The molecule has 0 amide bonds. The number of nitrogens with one attached hydrogen (secondary N) is 1. The lowest BCUT2D eigenvalue weighted by atomic mass is 9.85. The highest BCUT2D eigenvalue weighted by atomic mass is 16.5. The summed E-state index contributed by atoms with van der Waals surface area (Å²) in [6.45, 7) is 6.48. The third-order valence-electron chi connectivity index (χ3n) is 4.11. The maximum absolute atomic E-state index is 5.90. The van der Waals surface area contributed by atoms with Crippen molar-refractivity contribution in [3.63, 3.8) is 0 Å². The van der Waals surface area contributed by atoms with Crippen LogP contribution in [0.25, 0.3) is 0 Å². The van der Waals surface area contributed by atoms with Gasteiger partial charge in [0.25, 0.3) is 0 Å². The second-order valence-electron chi connectivity index (χ2n) is 6.41. The molecule has 0 bridgehead atoms. The van der Waals surface area contributed by atoms with Gasteiger partial charge >= 0.3 is 0 Å². The van der Waals surface area contributed by atoms with E-state index in [0.29, 0.717) is 0 Å². The molecule has 1 fully saturated rings. The predicted molar refractivity (Wildman–Crippen MR) is 73.9 cm³/mol. The van der Waals surface area contributed by atoms with Gasteiger partial charge in [-0.1, -0.05) is 18.6 Å². The molecular formula is C16H23NO. The lowest BCUT2D eigenvalue weighted by molar-refractivity contribution is 0.138. The van der Waals surface area contributed by atoms with E-state index >= 15 is 0 Å². The first-order valence-corrected chi connectivity index (χ1v) is 7.14. The van der Waals surface area contributed by atoms with E-state index in [4.69, 9.17) is 4.74 Å². The zero-order chi connectivity index (χ0) is 12.6. The zero-order valence-electron chi connectivity index (χ0n) is 11.5. The second kappa shape index (κ2) is 4.58. The Morgan fingerprint density at radius 1 is 1.33 bits per heavy atom. The normalized spacial score (nSPS) is 21.2. The number of ether oxygens (including phenoxy) is 1. The minimum absolute atomic E-state index is 0.0275. The molecule has 0 saturated heterocycles. The Balaban J connectivity index is 1.57. The third kappa shape index (κ3) is 2.54. The van der Waals surface area contributed by atoms with Gasteiger partial charge in [-0.25, -0.2) is 0 Å². The van der Waals surface area contributed by atoms with Crippen molar-refractivity contribution < 1.29 is 4.74 Å². The maximum Gasteiger partial charge on any atom is 0.123 e. The van der Waals surface area contributed by atoms with Gasteiger partial charge in [0, 0.05) is 13.0 Å². The SMILES string of the molecule is CC1(C)Cc2cc(CNCC3CCC3)ccc2O1. The quantitative estimate of drug-likeness (QED) is 0.879. The summed E-state index contributed by atoms with van der Waals surface area (Å²) in [5.74, 6) is 2.00. The van der Waals surface area contributed by atoms with E-state index < -0.39 is 0 Å². The highest BCUT2D eigenvalue weighted by Crippen LogP contribution is 2.35. The standard InChI is InChI=1S/C16H23NO/c1-16(2)9-14-8-13(6-7-15(14)18-16)11-17-10-12-4-3-5-12/h6-8,12,17H,3-5,9-11H2,1-2H3. The van der Waals surface area contributed by atoms with E-state index in [1.54, 1.807) is 0 Å². The molecule has 1 saturated carbocycles. The maximum atomic E-state index is 5.90. The van der Waals surface area contributed by atoms with E-state index in [1.807, 2.05) is 0 Å². The predicted octanol–water partition coefficient (Wildman–Crippen LogP) is 3.29. The van der Waals surface area contributed by atoms with Crippen molar-refractivity contribution in [2.75, 3.05) is 6.54 Å². The summed E-state index contributed by atoms with van der Waals surface area (Å²) in [4.78, 5) is 0. The van der Waals surface area contributed by atoms with Crippen molar-refractivity contribution in [3.8, 4) is 5.75 Å². The molecule has 0 spiro atoms. The van der Waals surface area contributed by atoms with Crippen LogP contribution in [0.5, 0.6) is 5.75 Å². The number of hydrogen-bond donors (Lipinski definition) is 1. The van der Waals surface area contributed by atoms with Crippen LogP contribution >= 0.6 is 0 Å². The first kappa shape index (κ1) is 12.0. The Morgan fingerprint density at radius 2 is 2.17 bits per heavy atom. The van der Waals surface area contributed by atoms with Gasteiger partial charge in [0.1, 0.15) is 11.4 Å². The average Bonchev–Trinajstić information content (AvgIpc) is 2.54. The van der Waals surface area contributed by atoms with E-state index in [-0.39, 0.29) is 5.60 Å². The molecule has 1 aromatic rings. The number of rotatable bonds is 4. The van der Waals surface area contributed by atoms with Gasteiger partial charge in [0.15, 0.2) is 0 Å². The topological polar surface area (TPSA) is 21.3 Å². The van der Waals surface area contributed by atoms with Crippen LogP contribution in [0.1, 0.15) is 44.2 Å². The average molecular weight is 245 g/mol. The van der Waals surface area contributed by atoms with Crippen LogP contribution in [0.3, 0.4) is 0 Å². The molecule has 2 nitrogen and oxygen atoms in total. The molecule has 2 aliphatic rings. The van der Waals surface area contributed by atoms with Gasteiger partial charge in [-0.3, -0.25) is 0 Å². The molecular weight excluding hydrogens is 222 g/mol. The van der Waals surface area contributed by atoms with Crippen LogP contribution in [-0.2, 0) is 13.0 Å². The van der Waals surface area contributed by atoms with Crippen LogP contribution in [0.15, 0.2) is 18.2 Å². The van der Waals surface area contributed by atoms with Crippen LogP contribution in [0.4, 0.5) is 0 Å². The monoisotopic (exact) mass is 245 g/mol. The first-order chi connectivity index (χ1) is 8.62. The number of benzene rings is 1. The minimum atomic E-state index is -0.0275. The summed E-state index contributed by atoms with van der Waals surface area (Å²) in [7, 11) is 0. The van der Waals surface area contributed by atoms with Crippen molar-refractivity contribution in [3.05, 3.63) is 29.3 Å². The smallest absolute Gasteiger partial charge is 0.123 e. The Morgan fingerprint density at radius 3 is 2.89 bits per heavy atom. The van der Waals surface area contributed by atoms with E-state index in [2.05, 4.69) is 37.4 Å². The molecule has 1 aliphatic carbocycles. The summed E-state index contributed by atoms with van der Waals surface area (Å²) in [6.07, 6.45) is 5.29. The molecule has 0 atom stereocenters. The third-order valence-corrected chi connectivity index (χ3v) is 4.11. The van der Waals surface area contributed by atoms with E-state index in [1.165, 1.54) is 36.9 Å². The van der Waals surface area contributed by atoms with Crippen LogP contribution in [0.2, 0.25) is 0 Å². The lowest BCUT2D eigenvalue weighted by Gasteiger charge is -2.25. The minimum Gasteiger partial charge on any atom is -0.487 e. The van der Waals surface area contributed by atoms with E-state index in [9.17, 15) is 0 Å². The Bertz CT molecular complexity index is 435. The largest absolute Gasteiger partial charge is 0.487 e. The zero-order valence-corrected chi connectivity index (χ0v) is 11.5. The van der Waals surface area contributed by atoms with Gasteiger partial charge in [-0.05, 0) is 56.3 Å². The van der Waals surface area contributed by atoms with Crippen LogP contribution < -0.4 is 10.1 Å². The van der Waals surface area contributed by atoms with Crippen molar-refractivity contribution in [1.82, 2.24) is 5.32 Å². The molecule has 0 aromatic heterocycles. The fourth-order valence-corrected chi connectivity index (χ4v) is 2.89. The van der Waals surface area contributed by atoms with Gasteiger partial charge < -0.3 is 10.1 Å². The van der Waals surface area contributed by atoms with Gasteiger partial charge in [0.05, 0.1) is 0 Å². The number of fused-ring (bicyclic) bond motifs is 1. The molecule has 98 valence electrons. The molecule has 0 unspecified atom stereocenters. The molecule has 1 aliphatic heterocycles. The van der Waals surface area contributed by atoms with Crippen molar-refractivity contribution in [2.24, 2.45) is 5.92 Å².